The molecule has 1 aliphatic carbocycles. The van der Waals surface area contributed by atoms with Gasteiger partial charge in [0.1, 0.15) is 0 Å². The van der Waals surface area contributed by atoms with Crippen LogP contribution in [0.25, 0.3) is 0 Å². The quantitative estimate of drug-likeness (QED) is 0.578. The molecule has 0 spiro atoms. The monoisotopic (exact) mass is 226 g/mol. The van der Waals surface area contributed by atoms with E-state index in [4.69, 9.17) is 4.74 Å². The van der Waals surface area contributed by atoms with Crippen LogP contribution in [-0.2, 0) is 9.53 Å². The summed E-state index contributed by atoms with van der Waals surface area (Å²) < 4.78 is 5.04. The Labute approximate surface area is 97.5 Å². The summed E-state index contributed by atoms with van der Waals surface area (Å²) in [5, 5.41) is 10.5. The number of allylic oxidation sites excluding steroid dienone is 1. The van der Waals surface area contributed by atoms with Crippen LogP contribution < -0.4 is 0 Å². The van der Waals surface area contributed by atoms with Crippen molar-refractivity contribution in [2.24, 2.45) is 5.92 Å². The van der Waals surface area contributed by atoms with Crippen molar-refractivity contribution in [2.45, 2.75) is 52.1 Å². The fourth-order valence-electron chi connectivity index (χ4n) is 2.35. The molecule has 2 atom stereocenters. The van der Waals surface area contributed by atoms with Gasteiger partial charge in [-0.3, -0.25) is 4.79 Å². The summed E-state index contributed by atoms with van der Waals surface area (Å²) in [7, 11) is 0. The Hall–Kier alpha value is -0.830. The highest BCUT2D eigenvalue weighted by Crippen LogP contribution is 2.37. The van der Waals surface area contributed by atoms with E-state index in [1.165, 1.54) is 0 Å². The fourth-order valence-corrected chi connectivity index (χ4v) is 2.35. The minimum atomic E-state index is -0.980. The summed E-state index contributed by atoms with van der Waals surface area (Å²) in [6, 6.07) is 0. The Morgan fingerprint density at radius 3 is 2.75 bits per heavy atom. The van der Waals surface area contributed by atoms with Crippen molar-refractivity contribution < 1.29 is 14.6 Å². The number of carbonyl (C=O) groups excluding carboxylic acids is 1. The summed E-state index contributed by atoms with van der Waals surface area (Å²) in [6.07, 6.45) is 4.90. The molecular formula is C13H22O3. The van der Waals surface area contributed by atoms with Crippen LogP contribution in [0.2, 0.25) is 0 Å². The maximum atomic E-state index is 11.8. The molecule has 0 saturated carbocycles. The number of hydrogen-bond donors (Lipinski definition) is 1. The third kappa shape index (κ3) is 2.85. The van der Waals surface area contributed by atoms with Gasteiger partial charge in [0.25, 0.3) is 0 Å². The molecule has 0 aromatic carbocycles. The van der Waals surface area contributed by atoms with Crippen LogP contribution in [0.15, 0.2) is 11.6 Å². The van der Waals surface area contributed by atoms with E-state index in [-0.39, 0.29) is 5.97 Å². The van der Waals surface area contributed by atoms with E-state index in [0.717, 1.165) is 18.4 Å². The van der Waals surface area contributed by atoms with E-state index in [1.54, 1.807) is 6.92 Å². The van der Waals surface area contributed by atoms with Gasteiger partial charge in [0.15, 0.2) is 0 Å². The second-order valence-corrected chi connectivity index (χ2v) is 4.58. The zero-order chi connectivity index (χ0) is 12.2. The van der Waals surface area contributed by atoms with Crippen molar-refractivity contribution in [3.05, 3.63) is 11.6 Å². The fraction of sp³-hybridized carbons (Fsp3) is 0.769. The Bertz CT molecular complexity index is 283. The normalized spacial score (nSPS) is 26.4. The molecule has 0 saturated heterocycles. The molecule has 1 N–H and O–H groups in total. The molecule has 3 nitrogen and oxygen atoms in total. The van der Waals surface area contributed by atoms with Crippen LogP contribution in [0.3, 0.4) is 0 Å². The van der Waals surface area contributed by atoms with Gasteiger partial charge in [-0.1, -0.05) is 25.0 Å². The first-order valence-corrected chi connectivity index (χ1v) is 6.10. The number of aliphatic hydroxyl groups is 1. The van der Waals surface area contributed by atoms with Gasteiger partial charge in [-0.2, -0.15) is 0 Å². The molecule has 0 heterocycles. The Kier molecular flexibility index (Phi) is 4.54. The summed E-state index contributed by atoms with van der Waals surface area (Å²) in [5.74, 6) is -0.673. The molecule has 0 aromatic rings. The first-order valence-electron chi connectivity index (χ1n) is 6.10. The summed E-state index contributed by atoms with van der Waals surface area (Å²) >= 11 is 0. The number of hydrogen-bond acceptors (Lipinski definition) is 3. The van der Waals surface area contributed by atoms with Crippen LogP contribution in [0, 0.1) is 5.92 Å². The molecule has 1 aliphatic rings. The molecular weight excluding hydrogens is 204 g/mol. The average Bonchev–Trinajstić information content (AvgIpc) is 2.56. The van der Waals surface area contributed by atoms with Crippen molar-refractivity contribution in [3.8, 4) is 0 Å². The van der Waals surface area contributed by atoms with E-state index in [0.29, 0.717) is 19.4 Å². The highest BCUT2D eigenvalue weighted by atomic mass is 16.5. The zero-order valence-electron chi connectivity index (χ0n) is 10.5. The molecule has 0 aromatic heterocycles. The summed E-state index contributed by atoms with van der Waals surface area (Å²) in [6.45, 7) is 6.17. The zero-order valence-corrected chi connectivity index (χ0v) is 10.5. The maximum absolute atomic E-state index is 11.8. The van der Waals surface area contributed by atoms with Crippen LogP contribution >= 0.6 is 0 Å². The van der Waals surface area contributed by atoms with Crippen molar-refractivity contribution in [1.29, 1.82) is 0 Å². The second-order valence-electron chi connectivity index (χ2n) is 4.58. The predicted molar refractivity (Wildman–Crippen MR) is 63.0 cm³/mol. The first kappa shape index (κ1) is 13.2. The highest BCUT2D eigenvalue weighted by molar-refractivity contribution is 5.74. The third-order valence-corrected chi connectivity index (χ3v) is 3.17. The lowest BCUT2D eigenvalue weighted by Gasteiger charge is -2.29. The van der Waals surface area contributed by atoms with Crippen LogP contribution in [0.1, 0.15) is 46.5 Å². The van der Waals surface area contributed by atoms with Crippen molar-refractivity contribution in [1.82, 2.24) is 0 Å². The molecule has 0 amide bonds. The SMILES string of the molecule is CCCC(C(=O)OCC)C1(O)C=C(C)CC1. The molecule has 92 valence electrons. The van der Waals surface area contributed by atoms with Gasteiger partial charge in [0.05, 0.1) is 18.1 Å². The number of ether oxygens (including phenoxy) is 1. The lowest BCUT2D eigenvalue weighted by molar-refractivity contribution is -0.156. The summed E-state index contributed by atoms with van der Waals surface area (Å²) in [4.78, 5) is 11.8. The van der Waals surface area contributed by atoms with E-state index < -0.39 is 11.5 Å². The summed E-state index contributed by atoms with van der Waals surface area (Å²) in [5.41, 5.74) is 0.180. The maximum Gasteiger partial charge on any atom is 0.312 e. The van der Waals surface area contributed by atoms with Gasteiger partial charge in [0, 0.05) is 0 Å². The van der Waals surface area contributed by atoms with E-state index in [9.17, 15) is 9.90 Å². The first-order chi connectivity index (χ1) is 7.53. The second kappa shape index (κ2) is 5.48. The topological polar surface area (TPSA) is 46.5 Å². The van der Waals surface area contributed by atoms with Crippen molar-refractivity contribution >= 4 is 5.97 Å². The molecule has 0 fully saturated rings. The predicted octanol–water partition coefficient (Wildman–Crippen LogP) is 2.44. The molecule has 1 rings (SSSR count). The largest absolute Gasteiger partial charge is 0.466 e. The number of rotatable bonds is 5. The minimum Gasteiger partial charge on any atom is -0.466 e. The van der Waals surface area contributed by atoms with Gasteiger partial charge in [-0.05, 0) is 33.1 Å². The average molecular weight is 226 g/mol. The van der Waals surface area contributed by atoms with E-state index >= 15 is 0 Å². The molecule has 0 bridgehead atoms. The Morgan fingerprint density at radius 2 is 2.31 bits per heavy atom. The molecule has 3 heteroatoms. The Morgan fingerprint density at radius 1 is 1.62 bits per heavy atom. The lowest BCUT2D eigenvalue weighted by Crippen LogP contribution is -2.40. The highest BCUT2D eigenvalue weighted by Gasteiger charge is 2.42. The minimum absolute atomic E-state index is 0.266. The van der Waals surface area contributed by atoms with Crippen molar-refractivity contribution in [2.75, 3.05) is 6.61 Å². The Balaban J connectivity index is 2.80. The van der Waals surface area contributed by atoms with Crippen LogP contribution in [0.4, 0.5) is 0 Å². The molecule has 2 unspecified atom stereocenters. The van der Waals surface area contributed by atoms with E-state index in [2.05, 4.69) is 0 Å². The van der Waals surface area contributed by atoms with Crippen molar-refractivity contribution in [3.63, 3.8) is 0 Å². The molecule has 16 heavy (non-hydrogen) atoms. The van der Waals surface area contributed by atoms with Gasteiger partial charge in [-0.15, -0.1) is 0 Å². The van der Waals surface area contributed by atoms with Gasteiger partial charge >= 0.3 is 5.97 Å². The lowest BCUT2D eigenvalue weighted by atomic mass is 9.83. The van der Waals surface area contributed by atoms with Gasteiger partial charge in [-0.25, -0.2) is 0 Å². The molecule has 0 radical (unpaired) electrons. The standard InChI is InChI=1S/C13H22O3/c1-4-6-11(12(14)16-5-2)13(15)8-7-10(3)9-13/h9,11,15H,4-8H2,1-3H3. The van der Waals surface area contributed by atoms with Gasteiger partial charge in [0.2, 0.25) is 0 Å². The van der Waals surface area contributed by atoms with Gasteiger partial charge < -0.3 is 9.84 Å². The number of carbonyl (C=O) groups is 1. The third-order valence-electron chi connectivity index (χ3n) is 3.17. The van der Waals surface area contributed by atoms with E-state index in [1.807, 2.05) is 19.9 Å². The van der Waals surface area contributed by atoms with Crippen LogP contribution in [-0.4, -0.2) is 23.3 Å². The molecule has 0 aliphatic heterocycles. The number of esters is 1. The smallest absolute Gasteiger partial charge is 0.312 e. The van der Waals surface area contributed by atoms with Crippen LogP contribution in [0.5, 0.6) is 0 Å².